The predicted molar refractivity (Wildman–Crippen MR) is 89.2 cm³/mol. The van der Waals surface area contributed by atoms with Gasteiger partial charge in [-0.3, -0.25) is 0 Å². The maximum Gasteiger partial charge on any atom is 0.0431 e. The summed E-state index contributed by atoms with van der Waals surface area (Å²) in [5.41, 5.74) is 6.86. The summed E-state index contributed by atoms with van der Waals surface area (Å²) < 4.78 is 0. The van der Waals surface area contributed by atoms with Gasteiger partial charge in [0, 0.05) is 25.2 Å². The van der Waals surface area contributed by atoms with E-state index in [2.05, 4.69) is 25.7 Å². The Morgan fingerprint density at radius 1 is 1.19 bits per heavy atom. The second-order valence-corrected chi connectivity index (χ2v) is 8.46. The third-order valence-electron chi connectivity index (χ3n) is 5.93. The molecule has 0 aromatic rings. The summed E-state index contributed by atoms with van der Waals surface area (Å²) in [6, 6.07) is 1.09. The summed E-state index contributed by atoms with van der Waals surface area (Å²) in [6.45, 7) is 9.89. The van der Waals surface area contributed by atoms with Crippen LogP contribution in [0.5, 0.6) is 0 Å². The summed E-state index contributed by atoms with van der Waals surface area (Å²) in [4.78, 5) is 2.67. The second-order valence-electron chi connectivity index (χ2n) is 8.46. The standard InChI is InChI=1S/C18H36N2O/c1-18(2,3)15-8-9-17(19)14(12-15)13-20-10-4-6-16(20)7-5-11-21/h14-17,21H,4-13,19H2,1-3H3. The Hall–Kier alpha value is -0.120. The van der Waals surface area contributed by atoms with Crippen LogP contribution in [-0.4, -0.2) is 41.8 Å². The summed E-state index contributed by atoms with van der Waals surface area (Å²) in [5.74, 6) is 1.48. The van der Waals surface area contributed by atoms with Crippen LogP contribution in [0.2, 0.25) is 0 Å². The fourth-order valence-corrected chi connectivity index (χ4v) is 4.37. The molecule has 4 atom stereocenters. The molecule has 3 heteroatoms. The quantitative estimate of drug-likeness (QED) is 0.820. The van der Waals surface area contributed by atoms with E-state index in [4.69, 9.17) is 10.8 Å². The number of hydrogen-bond acceptors (Lipinski definition) is 3. The van der Waals surface area contributed by atoms with E-state index in [0.717, 1.165) is 18.8 Å². The van der Waals surface area contributed by atoms with Gasteiger partial charge < -0.3 is 15.7 Å². The fraction of sp³-hybridized carbons (Fsp3) is 1.00. The molecule has 0 bridgehead atoms. The van der Waals surface area contributed by atoms with Crippen molar-refractivity contribution in [3.63, 3.8) is 0 Å². The van der Waals surface area contributed by atoms with E-state index in [-0.39, 0.29) is 0 Å². The number of nitrogens with zero attached hydrogens (tertiary/aromatic N) is 1. The van der Waals surface area contributed by atoms with Crippen molar-refractivity contribution >= 4 is 0 Å². The van der Waals surface area contributed by atoms with Crippen LogP contribution in [0.1, 0.15) is 65.7 Å². The van der Waals surface area contributed by atoms with Crippen molar-refractivity contribution in [2.45, 2.75) is 77.8 Å². The molecule has 2 aliphatic rings. The number of aliphatic hydroxyl groups is 1. The Morgan fingerprint density at radius 2 is 1.95 bits per heavy atom. The number of likely N-dealkylation sites (tertiary alicyclic amines) is 1. The van der Waals surface area contributed by atoms with E-state index in [1.165, 1.54) is 45.2 Å². The summed E-state index contributed by atoms with van der Waals surface area (Å²) in [6.07, 6.45) is 8.53. The van der Waals surface area contributed by atoms with Gasteiger partial charge in [-0.1, -0.05) is 20.8 Å². The SMILES string of the molecule is CC(C)(C)C1CCC(N)C(CN2CCCC2CCCO)C1. The molecule has 1 heterocycles. The Kier molecular flexibility index (Phi) is 6.10. The first kappa shape index (κ1) is 17.2. The molecule has 0 aromatic heterocycles. The van der Waals surface area contributed by atoms with E-state index in [1.54, 1.807) is 0 Å². The minimum atomic E-state index is 0.333. The lowest BCUT2D eigenvalue weighted by molar-refractivity contribution is 0.0925. The lowest BCUT2D eigenvalue weighted by Gasteiger charge is -2.42. The predicted octanol–water partition coefficient (Wildman–Crippen LogP) is 3.01. The summed E-state index contributed by atoms with van der Waals surface area (Å²) in [7, 11) is 0. The maximum absolute atomic E-state index is 9.06. The number of aliphatic hydroxyl groups excluding tert-OH is 1. The molecule has 1 saturated carbocycles. The van der Waals surface area contributed by atoms with Gasteiger partial charge in [-0.25, -0.2) is 0 Å². The molecule has 2 rings (SSSR count). The highest BCUT2D eigenvalue weighted by Crippen LogP contribution is 2.40. The van der Waals surface area contributed by atoms with E-state index in [9.17, 15) is 0 Å². The zero-order valence-corrected chi connectivity index (χ0v) is 14.4. The Bertz CT molecular complexity index is 313. The number of nitrogens with two attached hydrogens (primary N) is 1. The first-order valence-electron chi connectivity index (χ1n) is 9.02. The van der Waals surface area contributed by atoms with E-state index < -0.39 is 0 Å². The second kappa shape index (κ2) is 7.43. The van der Waals surface area contributed by atoms with Crippen LogP contribution in [0.15, 0.2) is 0 Å². The van der Waals surface area contributed by atoms with Crippen molar-refractivity contribution in [2.24, 2.45) is 23.0 Å². The first-order chi connectivity index (χ1) is 9.91. The van der Waals surface area contributed by atoms with Gasteiger partial charge in [-0.2, -0.15) is 0 Å². The van der Waals surface area contributed by atoms with E-state index in [0.29, 0.717) is 30.0 Å². The Balaban J connectivity index is 1.90. The van der Waals surface area contributed by atoms with Gasteiger partial charge in [0.25, 0.3) is 0 Å². The van der Waals surface area contributed by atoms with Crippen molar-refractivity contribution in [1.82, 2.24) is 4.90 Å². The largest absolute Gasteiger partial charge is 0.396 e. The minimum absolute atomic E-state index is 0.333. The van der Waals surface area contributed by atoms with E-state index >= 15 is 0 Å². The molecule has 0 aromatic carbocycles. The summed E-state index contributed by atoms with van der Waals surface area (Å²) in [5, 5.41) is 9.06. The molecule has 1 saturated heterocycles. The third kappa shape index (κ3) is 4.67. The van der Waals surface area contributed by atoms with Crippen LogP contribution in [-0.2, 0) is 0 Å². The minimum Gasteiger partial charge on any atom is -0.396 e. The zero-order chi connectivity index (χ0) is 15.5. The van der Waals surface area contributed by atoms with Gasteiger partial charge in [-0.15, -0.1) is 0 Å². The molecule has 1 aliphatic heterocycles. The molecule has 21 heavy (non-hydrogen) atoms. The van der Waals surface area contributed by atoms with Crippen LogP contribution in [0.25, 0.3) is 0 Å². The molecular formula is C18H36N2O. The Labute approximate surface area is 131 Å². The van der Waals surface area contributed by atoms with Crippen molar-refractivity contribution in [3.8, 4) is 0 Å². The van der Waals surface area contributed by atoms with Crippen LogP contribution < -0.4 is 5.73 Å². The van der Waals surface area contributed by atoms with Crippen LogP contribution >= 0.6 is 0 Å². The average Bonchev–Trinajstić information content (AvgIpc) is 2.85. The lowest BCUT2D eigenvalue weighted by Crippen LogP contribution is -2.46. The van der Waals surface area contributed by atoms with Gasteiger partial charge in [0.15, 0.2) is 0 Å². The van der Waals surface area contributed by atoms with Gasteiger partial charge in [-0.05, 0) is 68.7 Å². The molecule has 0 amide bonds. The highest BCUT2D eigenvalue weighted by molar-refractivity contribution is 4.91. The smallest absolute Gasteiger partial charge is 0.0431 e. The van der Waals surface area contributed by atoms with Crippen LogP contribution in [0.4, 0.5) is 0 Å². The normalized spacial score (nSPS) is 35.3. The fourth-order valence-electron chi connectivity index (χ4n) is 4.37. The summed E-state index contributed by atoms with van der Waals surface area (Å²) >= 11 is 0. The highest BCUT2D eigenvalue weighted by Gasteiger charge is 2.36. The molecule has 2 fully saturated rings. The first-order valence-corrected chi connectivity index (χ1v) is 9.02. The lowest BCUT2D eigenvalue weighted by atomic mass is 9.67. The topological polar surface area (TPSA) is 49.5 Å². The maximum atomic E-state index is 9.06. The molecule has 0 radical (unpaired) electrons. The highest BCUT2D eigenvalue weighted by atomic mass is 16.2. The number of hydrogen-bond donors (Lipinski definition) is 2. The van der Waals surface area contributed by atoms with Gasteiger partial charge in [0.2, 0.25) is 0 Å². The molecule has 3 N–H and O–H groups in total. The zero-order valence-electron chi connectivity index (χ0n) is 14.4. The molecule has 124 valence electrons. The molecule has 0 spiro atoms. The van der Waals surface area contributed by atoms with Crippen LogP contribution in [0, 0.1) is 17.3 Å². The molecule has 4 unspecified atom stereocenters. The molecular weight excluding hydrogens is 260 g/mol. The Morgan fingerprint density at radius 3 is 2.62 bits per heavy atom. The average molecular weight is 296 g/mol. The van der Waals surface area contributed by atoms with Gasteiger partial charge >= 0.3 is 0 Å². The number of rotatable bonds is 5. The van der Waals surface area contributed by atoms with Crippen molar-refractivity contribution < 1.29 is 5.11 Å². The van der Waals surface area contributed by atoms with Crippen molar-refractivity contribution in [2.75, 3.05) is 19.7 Å². The monoisotopic (exact) mass is 296 g/mol. The van der Waals surface area contributed by atoms with E-state index in [1.807, 2.05) is 0 Å². The van der Waals surface area contributed by atoms with Crippen LogP contribution in [0.3, 0.4) is 0 Å². The molecule has 3 nitrogen and oxygen atoms in total. The van der Waals surface area contributed by atoms with Gasteiger partial charge in [0.1, 0.15) is 0 Å². The van der Waals surface area contributed by atoms with Crippen molar-refractivity contribution in [1.29, 1.82) is 0 Å². The molecule has 1 aliphatic carbocycles. The van der Waals surface area contributed by atoms with Gasteiger partial charge in [0.05, 0.1) is 0 Å². The third-order valence-corrected chi connectivity index (χ3v) is 5.93. The van der Waals surface area contributed by atoms with Crippen molar-refractivity contribution in [3.05, 3.63) is 0 Å².